The average molecular weight is 306 g/mol. The quantitative estimate of drug-likeness (QED) is 0.946. The van der Waals surface area contributed by atoms with Gasteiger partial charge in [-0.25, -0.2) is 4.98 Å². The first-order chi connectivity index (χ1) is 10.1. The monoisotopic (exact) mass is 305 g/mol. The summed E-state index contributed by atoms with van der Waals surface area (Å²) >= 11 is 5.92. The molecule has 21 heavy (non-hydrogen) atoms. The van der Waals surface area contributed by atoms with E-state index in [-0.39, 0.29) is 5.54 Å². The van der Waals surface area contributed by atoms with E-state index in [1.54, 1.807) is 6.20 Å². The van der Waals surface area contributed by atoms with E-state index in [2.05, 4.69) is 29.0 Å². The molecule has 1 aliphatic rings. The summed E-state index contributed by atoms with van der Waals surface area (Å²) in [6.45, 7) is 8.35. The summed E-state index contributed by atoms with van der Waals surface area (Å²) in [6.07, 6.45) is 1.79. The molecule has 0 spiro atoms. The number of aromatic nitrogens is 1. The molecule has 5 heteroatoms. The molecule has 1 fully saturated rings. The molecular formula is C16H20ClN3O. The largest absolute Gasteiger partial charge is 0.439 e. The molecule has 1 aliphatic heterocycles. The van der Waals surface area contributed by atoms with Crippen LogP contribution in [-0.4, -0.2) is 36.1 Å². The Bertz CT molecular complexity index is 600. The minimum Gasteiger partial charge on any atom is -0.439 e. The maximum absolute atomic E-state index is 6.01. The molecule has 0 aliphatic carbocycles. The third-order valence-corrected chi connectivity index (χ3v) is 4.32. The Morgan fingerprint density at radius 2 is 1.86 bits per heavy atom. The predicted octanol–water partition coefficient (Wildman–Crippen LogP) is 3.14. The zero-order chi connectivity index (χ0) is 14.9. The van der Waals surface area contributed by atoms with Crippen molar-refractivity contribution in [1.29, 1.82) is 0 Å². The third-order valence-electron chi connectivity index (χ3n) is 4.07. The van der Waals surface area contributed by atoms with Crippen molar-refractivity contribution in [3.63, 3.8) is 0 Å². The van der Waals surface area contributed by atoms with E-state index in [9.17, 15) is 0 Å². The van der Waals surface area contributed by atoms with Crippen molar-refractivity contribution in [2.45, 2.75) is 19.4 Å². The van der Waals surface area contributed by atoms with Crippen LogP contribution in [0.4, 0.5) is 0 Å². The van der Waals surface area contributed by atoms with Crippen LogP contribution in [0.25, 0.3) is 11.3 Å². The topological polar surface area (TPSA) is 41.3 Å². The zero-order valence-electron chi connectivity index (χ0n) is 12.4. The summed E-state index contributed by atoms with van der Waals surface area (Å²) in [5.41, 5.74) is 0.793. The van der Waals surface area contributed by atoms with Crippen LogP contribution in [0.15, 0.2) is 34.9 Å². The van der Waals surface area contributed by atoms with Crippen LogP contribution >= 0.6 is 11.6 Å². The van der Waals surface area contributed by atoms with Gasteiger partial charge in [-0.2, -0.15) is 0 Å². The molecule has 0 amide bonds. The second kappa shape index (κ2) is 5.79. The second-order valence-electron chi connectivity index (χ2n) is 5.83. The molecule has 0 unspecified atom stereocenters. The van der Waals surface area contributed by atoms with Crippen LogP contribution in [0.2, 0.25) is 5.02 Å². The Hall–Kier alpha value is -1.36. The average Bonchev–Trinajstić information content (AvgIpc) is 2.99. The van der Waals surface area contributed by atoms with Gasteiger partial charge >= 0.3 is 0 Å². The summed E-state index contributed by atoms with van der Waals surface area (Å²) in [4.78, 5) is 6.90. The van der Waals surface area contributed by atoms with Crippen LogP contribution in [0.1, 0.15) is 19.7 Å². The number of oxazole rings is 1. The number of nitrogens with zero attached hydrogens (tertiary/aromatic N) is 2. The lowest BCUT2D eigenvalue weighted by Crippen LogP contribution is -2.51. The summed E-state index contributed by atoms with van der Waals surface area (Å²) in [7, 11) is 0. The predicted molar refractivity (Wildman–Crippen MR) is 84.4 cm³/mol. The van der Waals surface area contributed by atoms with Gasteiger partial charge in [0.05, 0.1) is 11.7 Å². The molecule has 1 aromatic heterocycles. The van der Waals surface area contributed by atoms with Gasteiger partial charge in [0.25, 0.3) is 0 Å². The molecule has 1 saturated heterocycles. The van der Waals surface area contributed by atoms with E-state index in [0.717, 1.165) is 48.4 Å². The van der Waals surface area contributed by atoms with E-state index in [4.69, 9.17) is 16.0 Å². The summed E-state index contributed by atoms with van der Waals surface area (Å²) in [5, 5.41) is 4.09. The van der Waals surface area contributed by atoms with Crippen molar-refractivity contribution in [2.24, 2.45) is 0 Å². The minimum atomic E-state index is -0.202. The highest BCUT2D eigenvalue weighted by Crippen LogP contribution is 2.31. The van der Waals surface area contributed by atoms with E-state index in [1.165, 1.54) is 0 Å². The van der Waals surface area contributed by atoms with Gasteiger partial charge in [0.1, 0.15) is 0 Å². The number of piperazine rings is 1. The second-order valence-corrected chi connectivity index (χ2v) is 6.27. The molecule has 2 heterocycles. The van der Waals surface area contributed by atoms with Gasteiger partial charge in [-0.15, -0.1) is 0 Å². The van der Waals surface area contributed by atoms with Crippen LogP contribution < -0.4 is 5.32 Å². The van der Waals surface area contributed by atoms with Crippen molar-refractivity contribution in [3.05, 3.63) is 41.4 Å². The number of rotatable bonds is 3. The lowest BCUT2D eigenvalue weighted by molar-refractivity contribution is 0.0783. The molecule has 0 atom stereocenters. The number of benzene rings is 1. The molecule has 3 rings (SSSR count). The normalized spacial score (nSPS) is 17.1. The number of hydrogen-bond acceptors (Lipinski definition) is 4. The van der Waals surface area contributed by atoms with E-state index >= 15 is 0 Å². The Labute approximate surface area is 130 Å². The molecule has 1 N–H and O–H groups in total. The van der Waals surface area contributed by atoms with Crippen LogP contribution in [0, 0.1) is 0 Å². The standard InChI is InChI=1S/C16H20ClN3O/c1-16(2,20-9-7-18-8-10-20)15-19-11-14(21-15)12-3-5-13(17)6-4-12/h3-6,11,18H,7-10H2,1-2H3. The van der Waals surface area contributed by atoms with E-state index in [1.807, 2.05) is 24.3 Å². The summed E-state index contributed by atoms with van der Waals surface area (Å²) in [5.74, 6) is 1.54. The van der Waals surface area contributed by atoms with Crippen molar-refractivity contribution in [1.82, 2.24) is 15.2 Å². The number of nitrogens with one attached hydrogen (secondary N) is 1. The molecule has 1 aromatic carbocycles. The summed E-state index contributed by atoms with van der Waals surface area (Å²) < 4.78 is 6.01. The molecule has 112 valence electrons. The van der Waals surface area contributed by atoms with Crippen molar-refractivity contribution < 1.29 is 4.42 Å². The fourth-order valence-corrected chi connectivity index (χ4v) is 2.79. The number of halogens is 1. The lowest BCUT2D eigenvalue weighted by atomic mass is 10.0. The van der Waals surface area contributed by atoms with Gasteiger partial charge in [-0.1, -0.05) is 11.6 Å². The van der Waals surface area contributed by atoms with Gasteiger partial charge in [0.15, 0.2) is 5.76 Å². The van der Waals surface area contributed by atoms with Crippen LogP contribution in [-0.2, 0) is 5.54 Å². The first-order valence-corrected chi connectivity index (χ1v) is 7.63. The van der Waals surface area contributed by atoms with Gasteiger partial charge in [0, 0.05) is 36.8 Å². The highest BCUT2D eigenvalue weighted by Gasteiger charge is 2.34. The van der Waals surface area contributed by atoms with E-state index < -0.39 is 0 Å². The lowest BCUT2D eigenvalue weighted by Gasteiger charge is -2.38. The number of hydrogen-bond donors (Lipinski definition) is 1. The third kappa shape index (κ3) is 2.98. The highest BCUT2D eigenvalue weighted by molar-refractivity contribution is 6.30. The fourth-order valence-electron chi connectivity index (χ4n) is 2.66. The van der Waals surface area contributed by atoms with Gasteiger partial charge in [-0.05, 0) is 38.1 Å². The van der Waals surface area contributed by atoms with Gasteiger partial charge in [-0.3, -0.25) is 4.90 Å². The maximum Gasteiger partial charge on any atom is 0.214 e. The van der Waals surface area contributed by atoms with Gasteiger partial charge in [0.2, 0.25) is 5.89 Å². The Morgan fingerprint density at radius 3 is 2.52 bits per heavy atom. The fraction of sp³-hybridized carbons (Fsp3) is 0.438. The first kappa shape index (κ1) is 14.6. The molecule has 0 saturated carbocycles. The highest BCUT2D eigenvalue weighted by atomic mass is 35.5. The Morgan fingerprint density at radius 1 is 1.19 bits per heavy atom. The zero-order valence-corrected chi connectivity index (χ0v) is 13.2. The van der Waals surface area contributed by atoms with Gasteiger partial charge < -0.3 is 9.73 Å². The van der Waals surface area contributed by atoms with Crippen molar-refractivity contribution in [2.75, 3.05) is 26.2 Å². The van der Waals surface area contributed by atoms with Crippen molar-refractivity contribution >= 4 is 11.6 Å². The molecule has 0 radical (unpaired) electrons. The maximum atomic E-state index is 6.01. The van der Waals surface area contributed by atoms with Crippen LogP contribution in [0.5, 0.6) is 0 Å². The smallest absolute Gasteiger partial charge is 0.214 e. The Balaban J connectivity index is 1.84. The minimum absolute atomic E-state index is 0.202. The SMILES string of the molecule is CC(C)(c1ncc(-c2ccc(Cl)cc2)o1)N1CCNCC1. The van der Waals surface area contributed by atoms with Crippen molar-refractivity contribution in [3.8, 4) is 11.3 Å². The molecular weight excluding hydrogens is 286 g/mol. The Kier molecular flexibility index (Phi) is 4.02. The first-order valence-electron chi connectivity index (χ1n) is 7.25. The van der Waals surface area contributed by atoms with Crippen LogP contribution in [0.3, 0.4) is 0 Å². The molecule has 0 bridgehead atoms. The van der Waals surface area contributed by atoms with E-state index in [0.29, 0.717) is 0 Å². The summed E-state index contributed by atoms with van der Waals surface area (Å²) in [6, 6.07) is 7.62. The molecule has 4 nitrogen and oxygen atoms in total. The molecule has 2 aromatic rings.